The Morgan fingerprint density at radius 1 is 0.938 bits per heavy atom. The lowest BCUT2D eigenvalue weighted by atomic mass is 9.60. The van der Waals surface area contributed by atoms with Crippen LogP contribution in [0.5, 0.6) is 0 Å². The third-order valence-electron chi connectivity index (χ3n) is 6.39. The Morgan fingerprint density at radius 2 is 1.62 bits per heavy atom. The van der Waals surface area contributed by atoms with Crippen LogP contribution in [0.3, 0.4) is 0 Å². The van der Waals surface area contributed by atoms with Crippen molar-refractivity contribution >= 4 is 95.2 Å². The number of amides is 1. The molecule has 0 aliphatic heterocycles. The molecule has 1 amide bonds. The summed E-state index contributed by atoms with van der Waals surface area (Å²) in [6, 6.07) is 3.86. The Balaban J connectivity index is 1.58. The molecular weight excluding hydrogens is 392 g/mol. The molecule has 0 unspecified atom stereocenters. The number of aryl methyl sites for hydroxylation is 1. The van der Waals surface area contributed by atoms with Crippen LogP contribution < -0.4 is 32.6 Å². The Hall–Kier alpha value is -3.48. The Morgan fingerprint density at radius 3 is 2.28 bits per heavy atom. The summed E-state index contributed by atoms with van der Waals surface area (Å²) in [7, 11) is 12.5. The maximum absolute atomic E-state index is 12.6. The minimum atomic E-state index is -0.220. The summed E-state index contributed by atoms with van der Waals surface area (Å²) in [6.45, 7) is 0. The fraction of sp³-hybridized carbons (Fsp3) is 0.0476. The highest BCUT2D eigenvalue weighted by Crippen LogP contribution is 2.23. The topological polar surface area (TPSA) is 72.7 Å². The van der Waals surface area contributed by atoms with Crippen molar-refractivity contribution < 1.29 is 4.79 Å². The lowest BCUT2D eigenvalue weighted by Gasteiger charge is -2.17. The first-order valence-electron chi connectivity index (χ1n) is 10.5. The highest BCUT2D eigenvalue weighted by Gasteiger charge is 2.10. The third-order valence-corrected chi connectivity index (χ3v) is 6.39. The summed E-state index contributed by atoms with van der Waals surface area (Å²) < 4.78 is 1.94. The van der Waals surface area contributed by atoms with Crippen molar-refractivity contribution in [2.75, 3.05) is 5.32 Å². The fourth-order valence-corrected chi connectivity index (χ4v) is 3.98. The molecule has 0 saturated heterocycles. The average Bonchev–Trinajstić information content (AvgIpc) is 3.21. The van der Waals surface area contributed by atoms with Gasteiger partial charge in [0.05, 0.1) is 29.9 Å². The maximum atomic E-state index is 12.6. The molecular formula is C21H22B5N5O. The number of benzene rings is 1. The molecule has 3 heterocycles. The smallest absolute Gasteiger partial charge is 0.249 e. The first kappa shape index (κ1) is 21.7. The van der Waals surface area contributed by atoms with Gasteiger partial charge < -0.3 is 9.88 Å². The molecule has 4 aromatic rings. The molecule has 152 valence electrons. The zero-order chi connectivity index (χ0) is 23.0. The van der Waals surface area contributed by atoms with E-state index < -0.39 is 0 Å². The van der Waals surface area contributed by atoms with Crippen LogP contribution in [0.1, 0.15) is 5.56 Å². The van der Waals surface area contributed by atoms with E-state index in [9.17, 15) is 4.79 Å². The molecule has 0 fully saturated rings. The summed E-state index contributed by atoms with van der Waals surface area (Å²) in [5.74, 6) is 0.267. The molecule has 1 N–H and O–H groups in total. The van der Waals surface area contributed by atoms with Crippen LogP contribution in [0.15, 0.2) is 43.1 Å². The zero-order valence-electron chi connectivity index (χ0n) is 19.3. The molecule has 6 nitrogen and oxygen atoms in total. The predicted octanol–water partition coefficient (Wildman–Crippen LogP) is -5.03. The van der Waals surface area contributed by atoms with Gasteiger partial charge in [-0.05, 0) is 17.7 Å². The molecule has 0 bridgehead atoms. The van der Waals surface area contributed by atoms with E-state index in [1.807, 2.05) is 29.8 Å². The van der Waals surface area contributed by atoms with Crippen LogP contribution >= 0.6 is 0 Å². The maximum Gasteiger partial charge on any atom is 0.249 e. The molecule has 0 saturated carbocycles. The summed E-state index contributed by atoms with van der Waals surface area (Å²) >= 11 is 0. The van der Waals surface area contributed by atoms with E-state index in [0.29, 0.717) is 5.82 Å². The van der Waals surface area contributed by atoms with Crippen LogP contribution in [-0.4, -0.2) is 64.7 Å². The van der Waals surface area contributed by atoms with Crippen LogP contribution in [0.2, 0.25) is 0 Å². The summed E-state index contributed by atoms with van der Waals surface area (Å²) in [4.78, 5) is 25.6. The molecule has 4 rings (SSSR count). The van der Waals surface area contributed by atoms with E-state index in [1.165, 1.54) is 27.3 Å². The van der Waals surface area contributed by atoms with E-state index in [1.54, 1.807) is 31.0 Å². The van der Waals surface area contributed by atoms with Crippen molar-refractivity contribution in [1.29, 1.82) is 0 Å². The van der Waals surface area contributed by atoms with Gasteiger partial charge in [-0.3, -0.25) is 9.78 Å². The molecule has 0 radical (unpaired) electrons. The lowest BCUT2D eigenvalue weighted by Crippen LogP contribution is -2.55. The van der Waals surface area contributed by atoms with E-state index >= 15 is 0 Å². The van der Waals surface area contributed by atoms with Gasteiger partial charge in [-0.1, -0.05) is 17.0 Å². The van der Waals surface area contributed by atoms with Crippen LogP contribution in [0, 0.1) is 0 Å². The summed E-state index contributed by atoms with van der Waals surface area (Å²) in [5, 5.41) is 3.76. The normalized spacial score (nSPS) is 11.3. The third kappa shape index (κ3) is 4.02. The second-order valence-corrected chi connectivity index (χ2v) is 8.24. The van der Waals surface area contributed by atoms with E-state index in [-0.39, 0.29) is 5.91 Å². The SMILES string of the molecule is Bc1c(B)c(B)c(/C=C/C(=O)Nc2cc3cc(-c4cncn4C)cnc3cn2)c(B)c1B. The molecule has 3 aromatic heterocycles. The van der Waals surface area contributed by atoms with Crippen molar-refractivity contribution in [3.8, 4) is 11.3 Å². The quantitative estimate of drug-likeness (QED) is 0.268. The van der Waals surface area contributed by atoms with E-state index in [2.05, 4.69) is 59.5 Å². The minimum Gasteiger partial charge on any atom is -0.334 e. The predicted molar refractivity (Wildman–Crippen MR) is 147 cm³/mol. The van der Waals surface area contributed by atoms with Crippen molar-refractivity contribution in [2.45, 2.75) is 0 Å². The summed E-state index contributed by atoms with van der Waals surface area (Å²) in [5.41, 5.74) is 10.0. The number of nitrogens with one attached hydrogen (secondary N) is 1. The number of fused-ring (bicyclic) bond motifs is 1. The average molecular weight is 415 g/mol. The fourth-order valence-electron chi connectivity index (χ4n) is 3.98. The Bertz CT molecular complexity index is 1370. The lowest BCUT2D eigenvalue weighted by molar-refractivity contribution is -0.111. The summed E-state index contributed by atoms with van der Waals surface area (Å²) in [6.07, 6.45) is 10.5. The van der Waals surface area contributed by atoms with Crippen molar-refractivity contribution in [3.05, 3.63) is 48.7 Å². The second kappa shape index (κ2) is 8.57. The number of aromatic nitrogens is 4. The van der Waals surface area contributed by atoms with Crippen LogP contribution in [-0.2, 0) is 11.8 Å². The van der Waals surface area contributed by atoms with Gasteiger partial charge in [-0.15, -0.1) is 16.4 Å². The van der Waals surface area contributed by atoms with Crippen molar-refractivity contribution in [2.24, 2.45) is 7.05 Å². The molecule has 1 aromatic carbocycles. The molecule has 0 spiro atoms. The first-order valence-corrected chi connectivity index (χ1v) is 10.5. The van der Waals surface area contributed by atoms with Gasteiger partial charge in [0.15, 0.2) is 0 Å². The number of rotatable bonds is 4. The van der Waals surface area contributed by atoms with Gasteiger partial charge in [0.25, 0.3) is 0 Å². The number of carbonyl (C=O) groups excluding carboxylic acids is 1. The number of anilines is 1. The van der Waals surface area contributed by atoms with Gasteiger partial charge in [0.1, 0.15) is 45.0 Å². The van der Waals surface area contributed by atoms with E-state index in [0.717, 1.165) is 27.7 Å². The van der Waals surface area contributed by atoms with Gasteiger partial charge >= 0.3 is 0 Å². The number of imidazole rings is 1. The Labute approximate surface area is 192 Å². The van der Waals surface area contributed by atoms with E-state index in [4.69, 9.17) is 0 Å². The Kier molecular flexibility index (Phi) is 5.83. The van der Waals surface area contributed by atoms with Crippen LogP contribution in [0.25, 0.3) is 28.2 Å². The van der Waals surface area contributed by atoms with Crippen molar-refractivity contribution in [3.63, 3.8) is 0 Å². The molecule has 11 heteroatoms. The number of hydrogen-bond acceptors (Lipinski definition) is 4. The highest BCUT2D eigenvalue weighted by molar-refractivity contribution is 6.67. The van der Waals surface area contributed by atoms with Crippen LogP contribution in [0.4, 0.5) is 5.82 Å². The number of carbonyl (C=O) groups is 1. The zero-order valence-corrected chi connectivity index (χ0v) is 19.3. The van der Waals surface area contributed by atoms with Crippen molar-refractivity contribution in [1.82, 2.24) is 19.5 Å². The van der Waals surface area contributed by atoms with Gasteiger partial charge in [-0.2, -0.15) is 0 Å². The minimum absolute atomic E-state index is 0.220. The van der Waals surface area contributed by atoms with Gasteiger partial charge in [0, 0.05) is 30.3 Å². The molecule has 0 atom stereocenters. The second-order valence-electron chi connectivity index (χ2n) is 8.24. The number of hydrogen-bond donors (Lipinski definition) is 1. The molecule has 0 aliphatic carbocycles. The number of nitrogens with zero attached hydrogens (tertiary/aromatic N) is 4. The van der Waals surface area contributed by atoms with Gasteiger partial charge in [0.2, 0.25) is 5.91 Å². The standard InChI is InChI=1S/C21H22B5N5O/c1-31-9-27-8-14(31)11-4-10-5-15(29-7-13(10)28-6-11)30-16(32)3-2-12-17(22)19(24)21(26)20(25)18(12)23/h2-9H,22-26H2,1H3,(H,29,30,32)/b3-2+. The molecule has 32 heavy (non-hydrogen) atoms. The molecule has 0 aliphatic rings. The first-order chi connectivity index (χ1) is 15.3. The number of pyridine rings is 2. The highest BCUT2D eigenvalue weighted by atomic mass is 16.1. The van der Waals surface area contributed by atoms with Gasteiger partial charge in [-0.25, -0.2) is 9.97 Å². The largest absolute Gasteiger partial charge is 0.334 e. The monoisotopic (exact) mass is 415 g/mol.